The SMILES string of the molecule is CN1C(=O)CC(CNC(=O)CN2CCOC2=O)c2ccccc21. The minimum Gasteiger partial charge on any atom is -0.448 e. The summed E-state index contributed by atoms with van der Waals surface area (Å²) < 4.78 is 4.79. The van der Waals surface area contributed by atoms with Gasteiger partial charge in [0.1, 0.15) is 13.2 Å². The van der Waals surface area contributed by atoms with Crippen LogP contribution < -0.4 is 10.2 Å². The second-order valence-electron chi connectivity index (χ2n) is 5.75. The Balaban J connectivity index is 1.62. The van der Waals surface area contributed by atoms with E-state index in [1.807, 2.05) is 24.3 Å². The number of carbonyl (C=O) groups is 3. The molecule has 1 atom stereocenters. The molecule has 0 bridgehead atoms. The largest absolute Gasteiger partial charge is 0.448 e. The Hall–Kier alpha value is -2.57. The fourth-order valence-corrected chi connectivity index (χ4v) is 2.95. The molecule has 3 amide bonds. The van der Waals surface area contributed by atoms with Crippen LogP contribution in [0.5, 0.6) is 0 Å². The zero-order chi connectivity index (χ0) is 16.4. The number of nitrogens with one attached hydrogen (secondary N) is 1. The van der Waals surface area contributed by atoms with Gasteiger partial charge >= 0.3 is 6.09 Å². The Morgan fingerprint density at radius 2 is 2.13 bits per heavy atom. The molecule has 2 aliphatic rings. The summed E-state index contributed by atoms with van der Waals surface area (Å²) in [5.41, 5.74) is 1.93. The normalized spacial score (nSPS) is 20.3. The molecule has 1 unspecified atom stereocenters. The van der Waals surface area contributed by atoms with Gasteiger partial charge in [0.05, 0.1) is 6.54 Å². The molecule has 3 rings (SSSR count). The van der Waals surface area contributed by atoms with Crippen LogP contribution in [0.25, 0.3) is 0 Å². The third-order valence-corrected chi connectivity index (χ3v) is 4.26. The lowest BCUT2D eigenvalue weighted by Gasteiger charge is -2.31. The molecule has 1 aromatic rings. The number of rotatable bonds is 4. The van der Waals surface area contributed by atoms with E-state index < -0.39 is 6.09 Å². The third kappa shape index (κ3) is 3.13. The predicted octanol–water partition coefficient (Wildman–Crippen LogP) is 0.705. The summed E-state index contributed by atoms with van der Waals surface area (Å²) in [5, 5.41) is 2.82. The van der Waals surface area contributed by atoms with Crippen LogP contribution in [0.4, 0.5) is 10.5 Å². The summed E-state index contributed by atoms with van der Waals surface area (Å²) in [7, 11) is 1.76. The Morgan fingerprint density at radius 3 is 2.87 bits per heavy atom. The summed E-state index contributed by atoms with van der Waals surface area (Å²) in [4.78, 5) is 38.4. The van der Waals surface area contributed by atoms with Gasteiger partial charge in [0.25, 0.3) is 0 Å². The number of amides is 3. The summed E-state index contributed by atoms with van der Waals surface area (Å²) >= 11 is 0. The molecule has 0 aromatic heterocycles. The molecular formula is C16H19N3O4. The van der Waals surface area contributed by atoms with Crippen molar-refractivity contribution in [1.82, 2.24) is 10.2 Å². The third-order valence-electron chi connectivity index (χ3n) is 4.26. The van der Waals surface area contributed by atoms with Crippen molar-refractivity contribution in [1.29, 1.82) is 0 Å². The van der Waals surface area contributed by atoms with Crippen molar-refractivity contribution in [3.8, 4) is 0 Å². The van der Waals surface area contributed by atoms with Crippen molar-refractivity contribution in [3.05, 3.63) is 29.8 Å². The molecule has 0 aliphatic carbocycles. The molecule has 2 heterocycles. The molecule has 122 valence electrons. The Bertz CT molecular complexity index is 646. The molecule has 1 fully saturated rings. The van der Waals surface area contributed by atoms with Gasteiger partial charge in [-0.15, -0.1) is 0 Å². The van der Waals surface area contributed by atoms with Gasteiger partial charge in [0.2, 0.25) is 11.8 Å². The first kappa shape index (κ1) is 15.3. The summed E-state index contributed by atoms with van der Waals surface area (Å²) in [5.74, 6) is -0.261. The van der Waals surface area contributed by atoms with Crippen LogP contribution in [-0.4, -0.2) is 56.1 Å². The molecule has 0 spiro atoms. The van der Waals surface area contributed by atoms with E-state index in [2.05, 4.69) is 5.32 Å². The number of cyclic esters (lactones) is 1. The van der Waals surface area contributed by atoms with Crippen LogP contribution in [0.15, 0.2) is 24.3 Å². The maximum atomic E-state index is 12.1. The van der Waals surface area contributed by atoms with E-state index in [0.29, 0.717) is 26.1 Å². The number of fused-ring (bicyclic) bond motifs is 1. The van der Waals surface area contributed by atoms with Gasteiger partial charge < -0.3 is 15.0 Å². The topological polar surface area (TPSA) is 79.0 Å². The first-order valence-corrected chi connectivity index (χ1v) is 7.60. The lowest BCUT2D eigenvalue weighted by molar-refractivity contribution is -0.122. The van der Waals surface area contributed by atoms with E-state index >= 15 is 0 Å². The van der Waals surface area contributed by atoms with Crippen molar-refractivity contribution < 1.29 is 19.1 Å². The maximum absolute atomic E-state index is 12.1. The quantitative estimate of drug-likeness (QED) is 0.887. The van der Waals surface area contributed by atoms with Crippen LogP contribution in [0, 0.1) is 0 Å². The van der Waals surface area contributed by atoms with E-state index in [1.165, 1.54) is 4.90 Å². The van der Waals surface area contributed by atoms with Crippen LogP contribution in [0.3, 0.4) is 0 Å². The highest BCUT2D eigenvalue weighted by Gasteiger charge is 2.29. The van der Waals surface area contributed by atoms with Crippen LogP contribution in [0.2, 0.25) is 0 Å². The fourth-order valence-electron chi connectivity index (χ4n) is 2.95. The van der Waals surface area contributed by atoms with Crippen molar-refractivity contribution in [2.24, 2.45) is 0 Å². The monoisotopic (exact) mass is 317 g/mol. The molecule has 0 radical (unpaired) electrons. The summed E-state index contributed by atoms with van der Waals surface area (Å²) in [6.45, 7) is 1.12. The molecule has 7 heteroatoms. The highest BCUT2D eigenvalue weighted by Crippen LogP contribution is 2.34. The standard InChI is InChI=1S/C16H19N3O4/c1-18-13-5-3-2-4-12(13)11(8-15(18)21)9-17-14(20)10-19-6-7-23-16(19)22/h2-5,11H,6-10H2,1H3,(H,17,20). The number of hydrogen-bond donors (Lipinski definition) is 1. The number of ether oxygens (including phenoxy) is 1. The molecule has 0 saturated carbocycles. The van der Waals surface area contributed by atoms with E-state index in [9.17, 15) is 14.4 Å². The average molecular weight is 317 g/mol. The van der Waals surface area contributed by atoms with E-state index in [1.54, 1.807) is 11.9 Å². The number of benzene rings is 1. The molecule has 23 heavy (non-hydrogen) atoms. The first-order valence-electron chi connectivity index (χ1n) is 7.60. The van der Waals surface area contributed by atoms with Crippen molar-refractivity contribution in [2.75, 3.05) is 38.2 Å². The maximum Gasteiger partial charge on any atom is 0.410 e. The number of carbonyl (C=O) groups excluding carboxylic acids is 3. The second kappa shape index (κ2) is 6.28. The first-order chi connectivity index (χ1) is 11.1. The second-order valence-corrected chi connectivity index (χ2v) is 5.75. The predicted molar refractivity (Wildman–Crippen MR) is 83.1 cm³/mol. The molecule has 1 N–H and O–H groups in total. The smallest absolute Gasteiger partial charge is 0.410 e. The van der Waals surface area contributed by atoms with E-state index in [-0.39, 0.29) is 24.3 Å². The average Bonchev–Trinajstić information content (AvgIpc) is 2.94. The summed E-state index contributed by atoms with van der Waals surface area (Å²) in [6, 6.07) is 7.70. The lowest BCUT2D eigenvalue weighted by Crippen LogP contribution is -2.41. The molecular weight excluding hydrogens is 298 g/mol. The minimum atomic E-state index is -0.458. The molecule has 7 nitrogen and oxygen atoms in total. The molecule has 1 aromatic carbocycles. The Morgan fingerprint density at radius 1 is 1.35 bits per heavy atom. The highest BCUT2D eigenvalue weighted by molar-refractivity contribution is 5.96. The minimum absolute atomic E-state index is 0.0128. The zero-order valence-electron chi connectivity index (χ0n) is 12.9. The molecule has 2 aliphatic heterocycles. The number of anilines is 1. The fraction of sp³-hybridized carbons (Fsp3) is 0.438. The van der Waals surface area contributed by atoms with Gasteiger partial charge in [0, 0.05) is 31.6 Å². The van der Waals surface area contributed by atoms with E-state index in [0.717, 1.165) is 11.3 Å². The zero-order valence-corrected chi connectivity index (χ0v) is 12.9. The van der Waals surface area contributed by atoms with Gasteiger partial charge in [-0.25, -0.2) is 4.79 Å². The number of nitrogens with zero attached hydrogens (tertiary/aromatic N) is 2. The van der Waals surface area contributed by atoms with Crippen molar-refractivity contribution in [2.45, 2.75) is 12.3 Å². The van der Waals surface area contributed by atoms with Gasteiger partial charge in [-0.2, -0.15) is 0 Å². The Kier molecular flexibility index (Phi) is 4.18. The van der Waals surface area contributed by atoms with E-state index in [4.69, 9.17) is 4.74 Å². The van der Waals surface area contributed by atoms with Gasteiger partial charge in [-0.1, -0.05) is 18.2 Å². The van der Waals surface area contributed by atoms with Crippen molar-refractivity contribution in [3.63, 3.8) is 0 Å². The number of para-hydroxylation sites is 1. The van der Waals surface area contributed by atoms with Gasteiger partial charge in [-0.05, 0) is 11.6 Å². The highest BCUT2D eigenvalue weighted by atomic mass is 16.6. The molecule has 1 saturated heterocycles. The van der Waals surface area contributed by atoms with Crippen LogP contribution in [0.1, 0.15) is 17.9 Å². The van der Waals surface area contributed by atoms with Crippen LogP contribution >= 0.6 is 0 Å². The van der Waals surface area contributed by atoms with Gasteiger partial charge in [0.15, 0.2) is 0 Å². The lowest BCUT2D eigenvalue weighted by atomic mass is 9.89. The van der Waals surface area contributed by atoms with Crippen molar-refractivity contribution >= 4 is 23.6 Å². The van der Waals surface area contributed by atoms with Crippen LogP contribution in [-0.2, 0) is 14.3 Å². The number of hydrogen-bond acceptors (Lipinski definition) is 4. The summed E-state index contributed by atoms with van der Waals surface area (Å²) in [6.07, 6.45) is -0.0977. The Labute approximate surface area is 134 Å². The van der Waals surface area contributed by atoms with Gasteiger partial charge in [-0.3, -0.25) is 14.5 Å².